The highest BCUT2D eigenvalue weighted by Crippen LogP contribution is 2.44. The summed E-state index contributed by atoms with van der Waals surface area (Å²) in [6.07, 6.45) is 8.63. The Labute approximate surface area is 175 Å². The third-order valence-corrected chi connectivity index (χ3v) is 5.98. The molecule has 1 aromatic heterocycles. The fourth-order valence-electron chi connectivity index (χ4n) is 4.12. The van der Waals surface area contributed by atoms with E-state index >= 15 is 0 Å². The zero-order valence-electron chi connectivity index (χ0n) is 17.1. The molecular weight excluding hydrogens is 380 g/mol. The average molecular weight is 404 g/mol. The molecule has 1 atom stereocenters. The molecule has 154 valence electrons. The van der Waals surface area contributed by atoms with Gasteiger partial charge in [-0.2, -0.15) is 4.98 Å². The number of allylic oxidation sites excluding steroid dienone is 2. The van der Waals surface area contributed by atoms with Crippen molar-refractivity contribution in [2.75, 3.05) is 7.11 Å². The van der Waals surface area contributed by atoms with Crippen LogP contribution >= 0.6 is 0 Å². The van der Waals surface area contributed by atoms with Crippen molar-refractivity contribution in [3.63, 3.8) is 0 Å². The molecule has 0 saturated carbocycles. The van der Waals surface area contributed by atoms with Gasteiger partial charge in [0.2, 0.25) is 5.82 Å². The molecule has 0 spiro atoms. The van der Waals surface area contributed by atoms with Gasteiger partial charge in [-0.05, 0) is 68.1 Å². The van der Waals surface area contributed by atoms with Gasteiger partial charge in [-0.3, -0.25) is 0 Å². The third kappa shape index (κ3) is 3.61. The summed E-state index contributed by atoms with van der Waals surface area (Å²) in [6.45, 7) is 2.22. The third-order valence-electron chi connectivity index (χ3n) is 5.98. The summed E-state index contributed by atoms with van der Waals surface area (Å²) >= 11 is 0. The van der Waals surface area contributed by atoms with E-state index in [4.69, 9.17) is 14.4 Å². The lowest BCUT2D eigenvalue weighted by molar-refractivity contribution is 0.0697. The Hall–Kier alpha value is -3.41. The van der Waals surface area contributed by atoms with Crippen molar-refractivity contribution in [1.29, 1.82) is 0 Å². The lowest BCUT2D eigenvalue weighted by atomic mass is 9.69. The lowest BCUT2D eigenvalue weighted by Gasteiger charge is -2.36. The van der Waals surface area contributed by atoms with E-state index in [0.717, 1.165) is 37.0 Å². The zero-order chi connectivity index (χ0) is 21.1. The van der Waals surface area contributed by atoms with Crippen molar-refractivity contribution in [2.45, 2.75) is 38.0 Å². The first kappa shape index (κ1) is 19.9. The number of methoxy groups -OCH3 is 1. The largest absolute Gasteiger partial charge is 0.496 e. The van der Waals surface area contributed by atoms with Crippen LogP contribution in [0.1, 0.15) is 48.5 Å². The van der Waals surface area contributed by atoms with Gasteiger partial charge >= 0.3 is 5.97 Å². The van der Waals surface area contributed by atoms with Crippen molar-refractivity contribution >= 4 is 5.97 Å². The number of benzene rings is 2. The molecular formula is C24H24N2O4. The number of hydrogen-bond donors (Lipinski definition) is 1. The molecule has 6 heteroatoms. The maximum absolute atomic E-state index is 11.0. The van der Waals surface area contributed by atoms with E-state index in [1.54, 1.807) is 19.2 Å². The second-order valence-corrected chi connectivity index (χ2v) is 7.57. The number of aromatic carboxylic acids is 1. The highest BCUT2D eigenvalue weighted by Gasteiger charge is 2.33. The van der Waals surface area contributed by atoms with E-state index < -0.39 is 5.97 Å². The molecule has 4 rings (SSSR count). The first-order valence-electron chi connectivity index (χ1n) is 10.1. The molecule has 1 heterocycles. The van der Waals surface area contributed by atoms with Crippen molar-refractivity contribution in [2.24, 2.45) is 0 Å². The van der Waals surface area contributed by atoms with Gasteiger partial charge in [-0.1, -0.05) is 24.2 Å². The van der Waals surface area contributed by atoms with Crippen LogP contribution in [0.4, 0.5) is 0 Å². The van der Waals surface area contributed by atoms with E-state index in [2.05, 4.69) is 35.3 Å². The summed E-state index contributed by atoms with van der Waals surface area (Å²) in [6, 6.07) is 12.4. The summed E-state index contributed by atoms with van der Waals surface area (Å²) in [5, 5.41) is 13.2. The summed E-state index contributed by atoms with van der Waals surface area (Å²) < 4.78 is 11.1. The molecule has 0 fully saturated rings. The maximum Gasteiger partial charge on any atom is 0.335 e. The highest BCUT2D eigenvalue weighted by atomic mass is 16.5. The van der Waals surface area contributed by atoms with E-state index in [9.17, 15) is 4.79 Å². The molecule has 0 radical (unpaired) electrons. The number of ether oxygens (including phenoxy) is 1. The van der Waals surface area contributed by atoms with Gasteiger partial charge in [0, 0.05) is 22.1 Å². The number of rotatable bonds is 6. The smallest absolute Gasteiger partial charge is 0.335 e. The van der Waals surface area contributed by atoms with Crippen LogP contribution in [0.25, 0.3) is 22.8 Å². The predicted molar refractivity (Wildman–Crippen MR) is 114 cm³/mol. The van der Waals surface area contributed by atoms with E-state index in [1.165, 1.54) is 17.7 Å². The molecule has 0 amide bonds. The number of hydrogen-bond acceptors (Lipinski definition) is 5. The van der Waals surface area contributed by atoms with Crippen molar-refractivity contribution < 1.29 is 19.2 Å². The van der Waals surface area contributed by atoms with Gasteiger partial charge in [-0.25, -0.2) is 4.79 Å². The standard InChI is InChI=1S/C24H24N2O4/c1-3-24(13-5-4-6-14-24)19-15-18(11-12-20(19)29-2)21-25-22(30-26-21)16-7-9-17(10-8-16)23(27)28/h4-5,7-12,15H,3,6,13-14H2,1-2H3,(H,27,28). The Morgan fingerprint density at radius 1 is 1.17 bits per heavy atom. The SMILES string of the molecule is CCC1(c2cc(-c3noc(-c4ccc(C(=O)O)cc4)n3)ccc2OC)CC=CCC1. The Kier molecular flexibility index (Phi) is 5.40. The number of aromatic nitrogens is 2. The average Bonchev–Trinajstić information content (AvgIpc) is 3.29. The molecule has 0 saturated heterocycles. The summed E-state index contributed by atoms with van der Waals surface area (Å²) in [4.78, 5) is 15.6. The highest BCUT2D eigenvalue weighted by molar-refractivity contribution is 5.88. The van der Waals surface area contributed by atoms with Gasteiger partial charge in [0.05, 0.1) is 12.7 Å². The topological polar surface area (TPSA) is 85.5 Å². The van der Waals surface area contributed by atoms with Crippen LogP contribution in [0, 0.1) is 0 Å². The molecule has 1 unspecified atom stereocenters. The molecule has 1 N–H and O–H groups in total. The maximum atomic E-state index is 11.0. The van der Waals surface area contributed by atoms with Crippen molar-refractivity contribution in [1.82, 2.24) is 10.1 Å². The number of carbonyl (C=O) groups is 1. The zero-order valence-corrected chi connectivity index (χ0v) is 17.1. The monoisotopic (exact) mass is 404 g/mol. The first-order chi connectivity index (χ1) is 14.6. The van der Waals surface area contributed by atoms with E-state index in [1.807, 2.05) is 12.1 Å². The fraction of sp³-hybridized carbons (Fsp3) is 0.292. The van der Waals surface area contributed by atoms with Crippen LogP contribution in [0.3, 0.4) is 0 Å². The van der Waals surface area contributed by atoms with Crippen LogP contribution in [0.5, 0.6) is 5.75 Å². The quantitative estimate of drug-likeness (QED) is 0.546. The van der Waals surface area contributed by atoms with Crippen molar-refractivity contribution in [3.05, 3.63) is 65.7 Å². The Balaban J connectivity index is 1.70. The Morgan fingerprint density at radius 3 is 2.57 bits per heavy atom. The summed E-state index contributed by atoms with van der Waals surface area (Å²) in [5.41, 5.74) is 2.96. The summed E-state index contributed by atoms with van der Waals surface area (Å²) in [5.74, 6) is 0.753. The normalized spacial score (nSPS) is 18.3. The molecule has 1 aliphatic rings. The molecule has 3 aromatic rings. The summed E-state index contributed by atoms with van der Waals surface area (Å²) in [7, 11) is 1.70. The second-order valence-electron chi connectivity index (χ2n) is 7.57. The lowest BCUT2D eigenvalue weighted by Crippen LogP contribution is -2.27. The molecule has 0 aliphatic heterocycles. The van der Waals surface area contributed by atoms with Gasteiger partial charge in [0.1, 0.15) is 5.75 Å². The molecule has 2 aromatic carbocycles. The minimum absolute atomic E-state index is 0.0370. The molecule has 30 heavy (non-hydrogen) atoms. The van der Waals surface area contributed by atoms with E-state index in [0.29, 0.717) is 17.3 Å². The second kappa shape index (κ2) is 8.14. The molecule has 1 aliphatic carbocycles. The Bertz CT molecular complexity index is 1080. The number of carboxylic acid groups (broad SMARTS) is 1. The van der Waals surface area contributed by atoms with Crippen LogP contribution in [-0.4, -0.2) is 28.3 Å². The van der Waals surface area contributed by atoms with Crippen LogP contribution in [-0.2, 0) is 5.41 Å². The van der Waals surface area contributed by atoms with Crippen LogP contribution in [0.2, 0.25) is 0 Å². The van der Waals surface area contributed by atoms with Gasteiger partial charge < -0.3 is 14.4 Å². The van der Waals surface area contributed by atoms with Crippen LogP contribution < -0.4 is 4.74 Å². The number of nitrogens with zero attached hydrogens (tertiary/aromatic N) is 2. The minimum atomic E-state index is -0.971. The van der Waals surface area contributed by atoms with Gasteiger partial charge in [0.15, 0.2) is 0 Å². The number of carboxylic acids is 1. The van der Waals surface area contributed by atoms with Gasteiger partial charge in [-0.15, -0.1) is 0 Å². The molecule has 0 bridgehead atoms. The minimum Gasteiger partial charge on any atom is -0.496 e. The molecule has 6 nitrogen and oxygen atoms in total. The van der Waals surface area contributed by atoms with E-state index in [-0.39, 0.29) is 11.0 Å². The Morgan fingerprint density at radius 2 is 1.93 bits per heavy atom. The first-order valence-corrected chi connectivity index (χ1v) is 10.1. The predicted octanol–water partition coefficient (Wildman–Crippen LogP) is 5.50. The van der Waals surface area contributed by atoms with Crippen LogP contribution in [0.15, 0.2) is 59.1 Å². The van der Waals surface area contributed by atoms with Gasteiger partial charge in [0.25, 0.3) is 5.89 Å². The van der Waals surface area contributed by atoms with Crippen molar-refractivity contribution in [3.8, 4) is 28.6 Å². The fourth-order valence-corrected chi connectivity index (χ4v) is 4.12.